The van der Waals surface area contributed by atoms with Crippen LogP contribution in [0.3, 0.4) is 0 Å². The average Bonchev–Trinajstić information content (AvgIpc) is 0.858. The van der Waals surface area contributed by atoms with E-state index in [9.17, 15) is 101 Å². The predicted molar refractivity (Wildman–Crippen MR) is 511 cm³/mol. The van der Waals surface area contributed by atoms with E-state index in [2.05, 4.69) is 57.3 Å². The highest BCUT2D eigenvalue weighted by atomic mass is 16.6. The fraction of sp³-hybridized carbons (Fsp3) is 0.667. The molecule has 4 aliphatic carbocycles. The topological polar surface area (TPSA) is 681 Å². The van der Waals surface area contributed by atoms with Gasteiger partial charge in [0.1, 0.15) is 95.0 Å². The maximum absolute atomic E-state index is 11.8. The summed E-state index contributed by atoms with van der Waals surface area (Å²) in [7, 11) is 5.11. The number of amides is 9. The molecule has 2 aromatic rings. The van der Waals surface area contributed by atoms with Crippen molar-refractivity contribution in [2.75, 3.05) is 67.7 Å². The van der Waals surface area contributed by atoms with Gasteiger partial charge in [-0.05, 0) is 216 Å². The Morgan fingerprint density at radius 1 is 0.319 bits per heavy atom. The summed E-state index contributed by atoms with van der Waals surface area (Å²) in [6.45, 7) is 24.0. The number of aliphatic carboxylic acids is 3. The van der Waals surface area contributed by atoms with Crippen LogP contribution in [0.15, 0.2) is 60.7 Å². The largest absolute Gasteiger partial charge is 0.481 e. The second-order valence-corrected chi connectivity index (χ2v) is 37.3. The van der Waals surface area contributed by atoms with Crippen LogP contribution in [0.25, 0.3) is 0 Å². The Morgan fingerprint density at radius 2 is 0.567 bits per heavy atom. The first-order valence-electron chi connectivity index (χ1n) is 47.0. The molecule has 45 heteroatoms. The summed E-state index contributed by atoms with van der Waals surface area (Å²) in [5.74, 6) is -5.53. The number of hydrogen-bond donors (Lipinski definition) is 15. The Balaban J connectivity index is 0.00000165. The Labute approximate surface area is 824 Å². The fourth-order valence-electron chi connectivity index (χ4n) is 12.2. The van der Waals surface area contributed by atoms with Crippen molar-refractivity contribution in [3.05, 3.63) is 71.8 Å². The zero-order chi connectivity index (χ0) is 107. The van der Waals surface area contributed by atoms with Gasteiger partial charge in [0.05, 0.1) is 52.1 Å². The molecule has 0 heterocycles. The first-order valence-corrected chi connectivity index (χ1v) is 47.0. The lowest BCUT2D eigenvalue weighted by atomic mass is 9.83. The average molecular weight is 2000 g/mol. The van der Waals surface area contributed by atoms with Crippen molar-refractivity contribution in [2.45, 2.75) is 322 Å². The van der Waals surface area contributed by atoms with E-state index >= 15 is 0 Å². The van der Waals surface area contributed by atoms with Gasteiger partial charge in [0.15, 0.2) is 0 Å². The molecule has 796 valence electrons. The molecule has 6 atom stereocenters. The number of esters is 4. The molecule has 0 saturated heterocycles. The molecular weight excluding hydrogens is 1850 g/mol. The predicted octanol–water partition coefficient (Wildman–Crippen LogP) is 8.18. The number of carboxylic acids is 3. The van der Waals surface area contributed by atoms with Gasteiger partial charge in [-0.25, -0.2) is 47.9 Å². The van der Waals surface area contributed by atoms with Crippen LogP contribution in [-0.2, 0) is 128 Å². The van der Waals surface area contributed by atoms with Crippen LogP contribution in [0.4, 0.5) is 28.8 Å². The molecule has 2 aromatic carbocycles. The number of rotatable bonds is 47. The minimum atomic E-state index is -1.13. The fourth-order valence-corrected chi connectivity index (χ4v) is 12.2. The van der Waals surface area contributed by atoms with Crippen LogP contribution in [0, 0.1) is 23.7 Å². The normalized spacial score (nSPS) is 14.5. The van der Waals surface area contributed by atoms with E-state index in [0.29, 0.717) is 161 Å². The zero-order valence-corrected chi connectivity index (χ0v) is 84.4. The van der Waals surface area contributed by atoms with Crippen molar-refractivity contribution < 1.29 is 159 Å². The van der Waals surface area contributed by atoms with Crippen LogP contribution in [0.2, 0.25) is 0 Å². The molecule has 18 N–H and O–H groups in total. The minimum absolute atomic E-state index is 0.0492. The molecule has 4 aliphatic rings. The van der Waals surface area contributed by atoms with Gasteiger partial charge in [0.2, 0.25) is 17.7 Å². The third kappa shape index (κ3) is 65.8. The third-order valence-corrected chi connectivity index (χ3v) is 20.0. The molecule has 0 spiro atoms. The molecule has 45 nitrogen and oxygen atoms in total. The summed E-state index contributed by atoms with van der Waals surface area (Å²) < 4.78 is 49.2. The van der Waals surface area contributed by atoms with Crippen molar-refractivity contribution in [1.29, 1.82) is 0 Å². The number of Topliss-reactive ketones (excluding diaryl/α,β-unsaturated/α-hetero) is 4. The molecule has 0 radical (unpaired) electrons. The number of benzene rings is 2. The number of alkyl carbamates (subject to hydrolysis) is 6. The van der Waals surface area contributed by atoms with Gasteiger partial charge in [-0.1, -0.05) is 60.7 Å². The maximum Gasteiger partial charge on any atom is 0.408 e. The first-order chi connectivity index (χ1) is 66.0. The molecule has 9 amide bonds. The third-order valence-electron chi connectivity index (χ3n) is 20.0. The lowest BCUT2D eigenvalue weighted by molar-refractivity contribution is -0.150. The molecule has 141 heavy (non-hydrogen) atoms. The summed E-state index contributed by atoms with van der Waals surface area (Å²) >= 11 is 0. The van der Waals surface area contributed by atoms with E-state index in [1.807, 2.05) is 60.7 Å². The lowest BCUT2D eigenvalue weighted by Crippen LogP contribution is -2.44. The lowest BCUT2D eigenvalue weighted by Gasteiger charge is -2.23. The van der Waals surface area contributed by atoms with Crippen molar-refractivity contribution in [3.63, 3.8) is 0 Å². The van der Waals surface area contributed by atoms with Crippen LogP contribution < -0.4 is 65.1 Å². The quantitative estimate of drug-likeness (QED) is 0.0169. The van der Waals surface area contributed by atoms with Crippen molar-refractivity contribution in [3.8, 4) is 0 Å². The highest BCUT2D eigenvalue weighted by Gasteiger charge is 2.37. The SMILES string of the molecule is CC(C)(C)OC(=O)N[C@@H](CCCCNC(=O)OCc1ccccc1)C(=O)O.COC(=O)[C@@H](N)CCCCNC(=O)C1CC(=O)C1.COC(=O)[C@H](CCCCN)NC(=O)OC(C)(C)C.COC(=O)[C@H](CCCCNC(=O)C1CC(=O)C1)NC(=O)OC(C)(C)C.COC(=O)[C@H](CCCCNC(=O)OCc1ccccc1)NC(=O)OC(C)(C)C.N[C@@H](CCCCNC(=O)C1CC(=O)C1)C(=O)O.O=C1CC(C(=O)O)C1. The summed E-state index contributed by atoms with van der Waals surface area (Å²) in [4.78, 5) is 225. The summed E-state index contributed by atoms with van der Waals surface area (Å²) in [6.07, 6.45) is 9.21. The standard InChI is InChI=1S/C20H30N2O6.C19H28N2O6.C17H28N2O6.C12H20N2O4.C12H24N2O4.C11H18N2O4.C5H6O3/c1-20(2,3)28-19(25)22-16(17(23)26-4)12-8-9-13-21-18(24)27-14-15-10-6-5-7-11-15;1-19(2,3)27-18(25)21-15(16(22)23)11-7-8-12-20-17(24)26-13-14-9-5-4-6-10-14;1-17(2,3)25-16(23)19-13(15(22)24-4)7-5-6-8-18-14(21)11-9-12(20)10-11;1-18-12(17)10(13)4-2-3-5-14-11(16)8-6-9(15)7-8;1-12(2,3)18-11(16)14-9(10(15)17-4)7-5-6-8-13;12-9(11(16)17)3-1-2-4-13-10(15)7-5-8(14)6-7;6-4-1-3(2-4)5(7)8/h5-7,10-11,16H,8-9,12-14H2,1-4H3,(H,21,24)(H,22,25);4-6,9-10,15H,7-8,11-13H2,1-3H3,(H,20,24)(H,21,25)(H,22,23);11,13H,5-10H2,1-4H3,(H,18,21)(H,19,23);8,10H,2-7,13H2,1H3,(H,14,16);9H,5-8,13H2,1-4H3,(H,14,16);7,9H,1-6,12H2,(H,13,15)(H,16,17);3H,1-2H2,(H,7,8)/t16-;15-;13-;10-;2*9-;/m000000./s1. The van der Waals surface area contributed by atoms with Crippen LogP contribution in [0.5, 0.6) is 0 Å². The second-order valence-electron chi connectivity index (χ2n) is 37.3. The molecular formula is C96H154N12O33. The van der Waals surface area contributed by atoms with Gasteiger partial charge in [-0.3, -0.25) is 47.9 Å². The van der Waals surface area contributed by atoms with E-state index < -0.39 is 137 Å². The molecule has 0 unspecified atom stereocenters. The Hall–Kier alpha value is -12.7. The number of nitrogens with two attached hydrogens (primary N) is 3. The number of carbonyl (C=O) groups excluding carboxylic acids is 17. The molecule has 6 rings (SSSR count). The maximum atomic E-state index is 11.8. The number of unbranched alkanes of at least 4 members (excludes halogenated alkanes) is 6. The van der Waals surface area contributed by atoms with Gasteiger partial charge < -0.3 is 128 Å². The smallest absolute Gasteiger partial charge is 0.408 e. The van der Waals surface area contributed by atoms with Crippen LogP contribution in [0.1, 0.15) is 261 Å². The molecule has 0 aliphatic heterocycles. The number of methoxy groups -OCH3 is 4. The Kier molecular flexibility index (Phi) is 63.7. The Bertz CT molecular complexity index is 4210. The number of carbonyl (C=O) groups is 20. The molecule has 4 fully saturated rings. The zero-order valence-electron chi connectivity index (χ0n) is 84.4. The van der Waals surface area contributed by atoms with E-state index in [0.717, 1.165) is 36.8 Å². The summed E-state index contributed by atoms with van der Waals surface area (Å²) in [6, 6.07) is 14.0. The van der Waals surface area contributed by atoms with E-state index in [1.165, 1.54) is 28.4 Å². The van der Waals surface area contributed by atoms with E-state index in [-0.39, 0.29) is 97.0 Å². The van der Waals surface area contributed by atoms with Crippen LogP contribution in [-0.4, -0.2) is 261 Å². The molecule has 0 bridgehead atoms. The minimum Gasteiger partial charge on any atom is -0.481 e. The van der Waals surface area contributed by atoms with Crippen LogP contribution >= 0.6 is 0 Å². The number of ether oxygens (including phenoxy) is 10. The van der Waals surface area contributed by atoms with Gasteiger partial charge >= 0.3 is 78.3 Å². The second kappa shape index (κ2) is 70.0. The molecule has 4 saturated carbocycles. The van der Waals surface area contributed by atoms with Crippen molar-refractivity contribution in [1.82, 2.24) is 47.9 Å². The van der Waals surface area contributed by atoms with Gasteiger partial charge in [-0.15, -0.1) is 0 Å². The molecule has 0 aromatic heterocycles. The van der Waals surface area contributed by atoms with Gasteiger partial charge in [0.25, 0.3) is 0 Å². The van der Waals surface area contributed by atoms with Gasteiger partial charge in [-0.2, -0.15) is 0 Å². The van der Waals surface area contributed by atoms with E-state index in [4.69, 9.17) is 65.3 Å². The number of nitrogens with one attached hydrogen (secondary N) is 9. The highest BCUT2D eigenvalue weighted by Crippen LogP contribution is 2.26. The number of ketones is 4. The Morgan fingerprint density at radius 3 is 0.809 bits per heavy atom. The number of hydrogen-bond acceptors (Lipinski definition) is 33. The summed E-state index contributed by atoms with van der Waals surface area (Å²) in [5.41, 5.74) is 15.5. The monoisotopic (exact) mass is 2000 g/mol. The summed E-state index contributed by atoms with van der Waals surface area (Å²) in [5, 5.41) is 49.3. The van der Waals surface area contributed by atoms with Crippen molar-refractivity contribution in [2.24, 2.45) is 40.9 Å². The first kappa shape index (κ1) is 128. The highest BCUT2D eigenvalue weighted by molar-refractivity contribution is 5.98. The number of carboxylic acid groups (broad SMARTS) is 3. The van der Waals surface area contributed by atoms with Crippen molar-refractivity contribution >= 4 is 119 Å². The van der Waals surface area contributed by atoms with Gasteiger partial charge in [0, 0.05) is 84.1 Å². The van der Waals surface area contributed by atoms with E-state index in [1.54, 1.807) is 83.1 Å².